The summed E-state index contributed by atoms with van der Waals surface area (Å²) in [6.45, 7) is 7.58. The van der Waals surface area contributed by atoms with Gasteiger partial charge in [-0.25, -0.2) is 0 Å². The summed E-state index contributed by atoms with van der Waals surface area (Å²) >= 11 is 12.3. The molecule has 2 aliphatic heterocycles. The van der Waals surface area contributed by atoms with Gasteiger partial charge < -0.3 is 9.64 Å². The number of benzene rings is 2. The van der Waals surface area contributed by atoms with Crippen LogP contribution in [0, 0.1) is 0 Å². The summed E-state index contributed by atoms with van der Waals surface area (Å²) in [7, 11) is 0. The minimum Gasteiger partial charge on any atom is -0.484 e. The topological polar surface area (TPSA) is 46.6 Å². The van der Waals surface area contributed by atoms with Gasteiger partial charge >= 0.3 is 0 Å². The first-order chi connectivity index (χ1) is 15.1. The predicted octanol–water partition coefficient (Wildman–Crippen LogP) is 6.33. The Labute approximate surface area is 199 Å². The van der Waals surface area contributed by atoms with Crippen molar-refractivity contribution in [3.05, 3.63) is 69.2 Å². The van der Waals surface area contributed by atoms with Crippen LogP contribution >= 0.6 is 23.2 Å². The molecule has 1 fully saturated rings. The lowest BCUT2D eigenvalue weighted by molar-refractivity contribution is -0.129. The Morgan fingerprint density at radius 1 is 1.09 bits per heavy atom. The highest BCUT2D eigenvalue weighted by Gasteiger charge is 2.44. The van der Waals surface area contributed by atoms with Crippen LogP contribution < -0.4 is 4.74 Å². The summed E-state index contributed by atoms with van der Waals surface area (Å²) in [5.41, 5.74) is 2.16. The second kappa shape index (κ2) is 8.57. The van der Waals surface area contributed by atoms with Crippen LogP contribution in [0.15, 0.2) is 42.5 Å². The minimum absolute atomic E-state index is 0.0194. The summed E-state index contributed by atoms with van der Waals surface area (Å²) in [4.78, 5) is 27.3. The maximum Gasteiger partial charge on any atom is 0.246 e. The molecule has 0 unspecified atom stereocenters. The number of halogens is 2. The Morgan fingerprint density at radius 2 is 1.75 bits per heavy atom. The van der Waals surface area contributed by atoms with Crippen LogP contribution in [0.4, 0.5) is 0 Å². The van der Waals surface area contributed by atoms with Crippen molar-refractivity contribution in [3.63, 3.8) is 0 Å². The number of rotatable bonds is 2. The highest BCUT2D eigenvalue weighted by Crippen LogP contribution is 2.44. The van der Waals surface area contributed by atoms with Crippen molar-refractivity contribution in [2.75, 3.05) is 13.1 Å². The third-order valence-corrected chi connectivity index (χ3v) is 6.79. The molecule has 0 aliphatic carbocycles. The monoisotopic (exact) mass is 471 g/mol. The van der Waals surface area contributed by atoms with E-state index in [1.54, 1.807) is 23.1 Å². The lowest BCUT2D eigenvalue weighted by Crippen LogP contribution is -2.52. The van der Waals surface area contributed by atoms with Gasteiger partial charge in [-0.3, -0.25) is 9.59 Å². The molecule has 2 aliphatic rings. The summed E-state index contributed by atoms with van der Waals surface area (Å²) in [5.74, 6) is 0.354. The minimum atomic E-state index is -0.620. The molecule has 2 aromatic carbocycles. The number of hydrogen-bond donors (Lipinski definition) is 0. The number of Topliss-reactive ketones (excluding diaryl/α,β-unsaturated/α-hetero) is 1. The number of nitrogens with zero attached hydrogens (tertiary/aromatic N) is 1. The van der Waals surface area contributed by atoms with E-state index in [4.69, 9.17) is 27.9 Å². The van der Waals surface area contributed by atoms with E-state index in [9.17, 15) is 9.59 Å². The zero-order valence-electron chi connectivity index (χ0n) is 18.6. The summed E-state index contributed by atoms with van der Waals surface area (Å²) in [6, 6.07) is 11.5. The van der Waals surface area contributed by atoms with Crippen molar-refractivity contribution in [1.29, 1.82) is 0 Å². The fourth-order valence-electron chi connectivity index (χ4n) is 4.29. The van der Waals surface area contributed by atoms with Gasteiger partial charge in [0, 0.05) is 37.0 Å². The second-order valence-electron chi connectivity index (χ2n) is 9.68. The van der Waals surface area contributed by atoms with Gasteiger partial charge in [0.15, 0.2) is 5.78 Å². The molecule has 1 saturated heterocycles. The van der Waals surface area contributed by atoms with Crippen molar-refractivity contribution in [1.82, 2.24) is 4.90 Å². The van der Waals surface area contributed by atoms with Crippen LogP contribution in [0.2, 0.25) is 10.0 Å². The lowest BCUT2D eigenvalue weighted by atomic mass is 9.82. The molecule has 0 radical (unpaired) electrons. The van der Waals surface area contributed by atoms with Crippen molar-refractivity contribution in [3.8, 4) is 5.75 Å². The van der Waals surface area contributed by atoms with Crippen LogP contribution in [-0.2, 0) is 10.2 Å². The summed E-state index contributed by atoms with van der Waals surface area (Å²) in [6.07, 6.45) is 4.90. The molecule has 1 amide bonds. The molecule has 0 bridgehead atoms. The molecule has 4 rings (SSSR count). The van der Waals surface area contributed by atoms with Gasteiger partial charge in [-0.15, -0.1) is 0 Å². The molecule has 2 aromatic rings. The molecule has 0 aromatic heterocycles. The number of ketones is 1. The number of ether oxygens (including phenoxy) is 1. The van der Waals surface area contributed by atoms with Crippen LogP contribution in [-0.4, -0.2) is 35.3 Å². The van der Waals surface area contributed by atoms with E-state index in [0.29, 0.717) is 47.3 Å². The van der Waals surface area contributed by atoms with Gasteiger partial charge in [0.25, 0.3) is 0 Å². The zero-order chi connectivity index (χ0) is 23.1. The molecule has 2 heterocycles. The largest absolute Gasteiger partial charge is 0.484 e. The van der Waals surface area contributed by atoms with Crippen LogP contribution in [0.25, 0.3) is 6.08 Å². The van der Waals surface area contributed by atoms with E-state index < -0.39 is 5.60 Å². The highest BCUT2D eigenvalue weighted by atomic mass is 35.5. The Hall–Kier alpha value is -2.30. The molecule has 0 saturated carbocycles. The highest BCUT2D eigenvalue weighted by molar-refractivity contribution is 6.36. The molecule has 6 heteroatoms. The third kappa shape index (κ3) is 4.72. The van der Waals surface area contributed by atoms with Crippen LogP contribution in [0.5, 0.6) is 5.75 Å². The van der Waals surface area contributed by atoms with Gasteiger partial charge in [-0.2, -0.15) is 0 Å². The third-order valence-electron chi connectivity index (χ3n) is 6.29. The summed E-state index contributed by atoms with van der Waals surface area (Å²) in [5, 5.41) is 0.765. The smallest absolute Gasteiger partial charge is 0.246 e. The number of carbonyl (C=O) groups is 2. The first-order valence-corrected chi connectivity index (χ1v) is 11.6. The van der Waals surface area contributed by atoms with E-state index in [2.05, 4.69) is 32.9 Å². The van der Waals surface area contributed by atoms with Gasteiger partial charge in [0.2, 0.25) is 5.91 Å². The number of hydrogen-bond acceptors (Lipinski definition) is 3. The maximum absolute atomic E-state index is 12.7. The number of amides is 1. The molecule has 0 N–H and O–H groups in total. The second-order valence-corrected chi connectivity index (χ2v) is 10.5. The average molecular weight is 472 g/mol. The van der Waals surface area contributed by atoms with Gasteiger partial charge in [-0.05, 0) is 34.8 Å². The first kappa shape index (κ1) is 22.9. The van der Waals surface area contributed by atoms with Crippen molar-refractivity contribution in [2.45, 2.75) is 51.0 Å². The molecule has 0 atom stereocenters. The quantitative estimate of drug-likeness (QED) is 0.480. The molecule has 1 spiro atoms. The predicted molar refractivity (Wildman–Crippen MR) is 129 cm³/mol. The molecule has 4 nitrogen and oxygen atoms in total. The molecular formula is C26H27Cl2NO3. The average Bonchev–Trinajstić information content (AvgIpc) is 2.73. The normalized spacial score (nSPS) is 18.0. The fourth-order valence-corrected chi connectivity index (χ4v) is 4.82. The standard InChI is InChI=1S/C26H27Cl2NO3/c1-25(2,3)18-7-4-17(5-8-18)6-9-23(31)29-12-10-26(11-13-29)16-22(30)20-14-19(27)15-21(28)24(20)32-26/h4-9,14-15H,10-13,16H2,1-3H3/b9-6+. The Bertz CT molecular complexity index is 1080. The Morgan fingerprint density at radius 3 is 2.38 bits per heavy atom. The number of carbonyl (C=O) groups excluding carboxylic acids is 2. The van der Waals surface area contributed by atoms with Gasteiger partial charge in [0.1, 0.15) is 11.4 Å². The van der Waals surface area contributed by atoms with Gasteiger partial charge in [-0.1, -0.05) is 68.2 Å². The SMILES string of the molecule is CC(C)(C)c1ccc(/C=C/C(=O)N2CCC3(CC2)CC(=O)c2cc(Cl)cc(Cl)c2O3)cc1. The zero-order valence-corrected chi connectivity index (χ0v) is 20.1. The summed E-state index contributed by atoms with van der Waals surface area (Å²) < 4.78 is 6.25. The van der Waals surface area contributed by atoms with Crippen molar-refractivity contribution in [2.24, 2.45) is 0 Å². The lowest BCUT2D eigenvalue weighted by Gasteiger charge is -2.44. The van der Waals surface area contributed by atoms with Crippen LogP contribution in [0.1, 0.15) is 61.5 Å². The molecule has 32 heavy (non-hydrogen) atoms. The number of likely N-dealkylation sites (tertiary alicyclic amines) is 1. The Kier molecular flexibility index (Phi) is 6.12. The molecule has 168 valence electrons. The fraction of sp³-hybridized carbons (Fsp3) is 0.385. The van der Waals surface area contributed by atoms with E-state index in [-0.39, 0.29) is 23.5 Å². The van der Waals surface area contributed by atoms with Crippen LogP contribution in [0.3, 0.4) is 0 Å². The van der Waals surface area contributed by atoms with E-state index in [1.807, 2.05) is 18.2 Å². The Balaban J connectivity index is 1.40. The van der Waals surface area contributed by atoms with E-state index in [1.165, 1.54) is 5.56 Å². The molecular weight excluding hydrogens is 445 g/mol. The number of fused-ring (bicyclic) bond motifs is 1. The number of piperidine rings is 1. The maximum atomic E-state index is 12.7. The van der Waals surface area contributed by atoms with Crippen molar-refractivity contribution < 1.29 is 14.3 Å². The van der Waals surface area contributed by atoms with E-state index >= 15 is 0 Å². The van der Waals surface area contributed by atoms with Gasteiger partial charge in [0.05, 0.1) is 17.0 Å². The van der Waals surface area contributed by atoms with E-state index in [0.717, 1.165) is 5.56 Å². The first-order valence-electron chi connectivity index (χ1n) is 10.9. The van der Waals surface area contributed by atoms with Crippen molar-refractivity contribution >= 4 is 41.0 Å².